The second-order valence-electron chi connectivity index (χ2n) is 13.6. The van der Waals surface area contributed by atoms with E-state index in [1.165, 1.54) is 38.7 Å². The second kappa shape index (κ2) is 14.7. The number of benzene rings is 4. The van der Waals surface area contributed by atoms with Gasteiger partial charge in [0.25, 0.3) is 0 Å². The predicted molar refractivity (Wildman–Crippen MR) is 201 cm³/mol. The Morgan fingerprint density at radius 2 is 1.56 bits per heavy atom. The van der Waals surface area contributed by atoms with Crippen LogP contribution in [0.4, 0.5) is 0 Å². The van der Waals surface area contributed by atoms with Crippen molar-refractivity contribution in [2.45, 2.75) is 72.6 Å². The molecule has 3 nitrogen and oxygen atoms in total. The van der Waals surface area contributed by atoms with Gasteiger partial charge in [-0.1, -0.05) is 124 Å². The first-order chi connectivity index (χ1) is 23.7. The number of hydrogen-bond donors (Lipinski definition) is 0. The third-order valence-corrected chi connectivity index (χ3v) is 9.34. The van der Waals surface area contributed by atoms with Crippen LogP contribution in [0.3, 0.4) is 0 Å². The molecule has 5 heteroatoms. The van der Waals surface area contributed by atoms with Gasteiger partial charge in [-0.05, 0) is 58.6 Å². The molecule has 0 amide bonds. The number of aryl methyl sites for hydroxylation is 1. The monoisotopic (exact) mass is 829 g/mol. The van der Waals surface area contributed by atoms with Gasteiger partial charge in [0.2, 0.25) is 0 Å². The summed E-state index contributed by atoms with van der Waals surface area (Å²) in [6.07, 6.45) is 1.39. The van der Waals surface area contributed by atoms with E-state index in [-0.39, 0.29) is 31.1 Å². The van der Waals surface area contributed by atoms with Gasteiger partial charge in [0.15, 0.2) is 0 Å². The van der Waals surface area contributed by atoms with Crippen LogP contribution in [0.2, 0.25) is 0 Å². The number of nitrogens with zero attached hydrogens (tertiary/aromatic N) is 3. The van der Waals surface area contributed by atoms with Gasteiger partial charge < -0.3 is 9.55 Å². The van der Waals surface area contributed by atoms with Crippen molar-refractivity contribution >= 4 is 32.5 Å². The Morgan fingerprint density at radius 3 is 2.19 bits per heavy atom. The zero-order valence-corrected chi connectivity index (χ0v) is 31.8. The van der Waals surface area contributed by atoms with Gasteiger partial charge in [-0.3, -0.25) is 16.3 Å². The number of rotatable bonds is 5. The second-order valence-corrected chi connectivity index (χ2v) is 14.5. The largest absolute Gasteiger partial charge is 0.333 e. The first kappa shape index (κ1) is 31.4. The summed E-state index contributed by atoms with van der Waals surface area (Å²) in [4.78, 5) is 9.32. The fraction of sp³-hybridized carbons (Fsp3) is 0.256. The standard InChI is InChI=1S/C31H33N2S.C12H10N.Ir/c1-19(2)22-11-10-12-23(20(3)4)29(22)33-27-14-9-8-13-26(27)32-30(33)25-18-34-28-17-21(31(5,6)7)15-16-24(25)28;1-10-7-8-12(13-9-10)11-5-3-2-4-6-11;/h8-17,19-20H,1-7H3;2-5,7-9H,1H3;/q2*-1;/i;1D3;. The average molecular weight is 829 g/mol. The predicted octanol–water partition coefficient (Wildman–Crippen LogP) is 12.1. The molecule has 4 aromatic carbocycles. The number of hydrogen-bond acceptors (Lipinski definition) is 3. The van der Waals surface area contributed by atoms with Crippen LogP contribution in [0, 0.1) is 18.3 Å². The van der Waals surface area contributed by atoms with E-state index in [0.717, 1.165) is 33.7 Å². The van der Waals surface area contributed by atoms with Crippen molar-refractivity contribution in [1.82, 2.24) is 14.5 Å². The summed E-state index contributed by atoms with van der Waals surface area (Å²) in [6, 6.07) is 35.9. The molecule has 3 heterocycles. The number of para-hydroxylation sites is 3. The molecule has 0 saturated heterocycles. The van der Waals surface area contributed by atoms with E-state index in [4.69, 9.17) is 9.10 Å². The van der Waals surface area contributed by atoms with Gasteiger partial charge in [0, 0.05) is 36.1 Å². The van der Waals surface area contributed by atoms with E-state index >= 15 is 0 Å². The smallest absolute Gasteiger partial charge is 0.0774 e. The van der Waals surface area contributed by atoms with Crippen molar-refractivity contribution < 1.29 is 24.2 Å². The number of thiophene rings is 1. The molecular weight excluding hydrogens is 783 g/mol. The summed E-state index contributed by atoms with van der Waals surface area (Å²) >= 11 is 1.70. The van der Waals surface area contributed by atoms with Crippen LogP contribution in [0.25, 0.3) is 49.5 Å². The Hall–Kier alpha value is -3.89. The summed E-state index contributed by atoms with van der Waals surface area (Å²) in [5.41, 5.74) is 10.5. The van der Waals surface area contributed by atoms with Gasteiger partial charge in [0.1, 0.15) is 0 Å². The van der Waals surface area contributed by atoms with Crippen molar-refractivity contribution in [3.05, 3.63) is 137 Å². The quantitative estimate of drug-likeness (QED) is 0.162. The minimum absolute atomic E-state index is 0. The molecule has 0 spiro atoms. The average Bonchev–Trinajstić information content (AvgIpc) is 3.69. The van der Waals surface area contributed by atoms with E-state index in [1.54, 1.807) is 29.5 Å². The summed E-state index contributed by atoms with van der Waals surface area (Å²) in [7, 11) is 0. The van der Waals surface area contributed by atoms with Crippen LogP contribution in [-0.4, -0.2) is 14.5 Å². The van der Waals surface area contributed by atoms with Gasteiger partial charge >= 0.3 is 0 Å². The van der Waals surface area contributed by atoms with Crippen molar-refractivity contribution in [2.24, 2.45) is 0 Å². The van der Waals surface area contributed by atoms with Gasteiger partial charge in [-0.2, -0.15) is 0 Å². The number of fused-ring (bicyclic) bond motifs is 2. The number of imidazole rings is 1. The fourth-order valence-electron chi connectivity index (χ4n) is 5.90. The van der Waals surface area contributed by atoms with Crippen LogP contribution in [0.15, 0.2) is 103 Å². The topological polar surface area (TPSA) is 30.7 Å². The molecule has 0 bridgehead atoms. The molecule has 0 atom stereocenters. The van der Waals surface area contributed by atoms with Crippen LogP contribution in [-0.2, 0) is 25.5 Å². The Balaban J connectivity index is 0.000000249. The molecule has 3 aromatic heterocycles. The summed E-state index contributed by atoms with van der Waals surface area (Å²) in [5.74, 6) is 1.78. The molecule has 0 unspecified atom stereocenters. The first-order valence-electron chi connectivity index (χ1n) is 17.7. The third-order valence-electron chi connectivity index (χ3n) is 8.48. The molecule has 0 aliphatic carbocycles. The Bertz CT molecular complexity index is 2220. The minimum atomic E-state index is -2.09. The van der Waals surface area contributed by atoms with E-state index in [2.05, 4.69) is 130 Å². The molecule has 0 aliphatic heterocycles. The minimum Gasteiger partial charge on any atom is -0.333 e. The Morgan fingerprint density at radius 1 is 0.833 bits per heavy atom. The molecule has 7 rings (SSSR count). The van der Waals surface area contributed by atoms with Crippen LogP contribution >= 0.6 is 11.3 Å². The molecule has 0 aliphatic rings. The molecule has 0 fully saturated rings. The zero-order valence-electron chi connectivity index (χ0n) is 31.6. The maximum atomic E-state index is 7.23. The van der Waals surface area contributed by atoms with Crippen LogP contribution < -0.4 is 0 Å². The normalized spacial score (nSPS) is 12.7. The maximum absolute atomic E-state index is 7.23. The Kier molecular flexibility index (Phi) is 9.61. The molecule has 1 radical (unpaired) electrons. The third kappa shape index (κ3) is 7.24. The molecular formula is C43H43IrN3S-2. The molecule has 247 valence electrons. The van der Waals surface area contributed by atoms with Crippen molar-refractivity contribution in [3.8, 4) is 28.3 Å². The summed E-state index contributed by atoms with van der Waals surface area (Å²) in [6.45, 7) is 13.8. The first-order valence-corrected chi connectivity index (χ1v) is 17.0. The zero-order chi connectivity index (χ0) is 35.8. The summed E-state index contributed by atoms with van der Waals surface area (Å²) in [5, 5.41) is 4.86. The molecule has 0 N–H and O–H groups in total. The number of aromatic nitrogens is 3. The van der Waals surface area contributed by atoms with E-state index in [1.807, 2.05) is 18.2 Å². The van der Waals surface area contributed by atoms with Gasteiger partial charge in [-0.15, -0.1) is 47.3 Å². The molecule has 0 saturated carbocycles. The van der Waals surface area contributed by atoms with Gasteiger partial charge in [0.05, 0.1) is 16.9 Å². The van der Waals surface area contributed by atoms with Crippen LogP contribution in [0.1, 0.15) is 86.7 Å². The molecule has 7 aromatic rings. The van der Waals surface area contributed by atoms with Crippen molar-refractivity contribution in [1.29, 1.82) is 0 Å². The van der Waals surface area contributed by atoms with Crippen molar-refractivity contribution in [3.63, 3.8) is 0 Å². The number of pyridine rings is 1. The van der Waals surface area contributed by atoms with E-state index in [9.17, 15) is 0 Å². The Labute approximate surface area is 307 Å². The SMILES string of the molecule is CC(C)c1cccc(C(C)C)c1-n1c(-c2[c-]sc3cc(C(C)(C)C)ccc23)nc2ccccc21.[2H]C([2H])([2H])c1ccc(-c2[c-]cccc2)nc1.[Ir]. The molecule has 48 heavy (non-hydrogen) atoms. The summed E-state index contributed by atoms with van der Waals surface area (Å²) < 4.78 is 25.4. The van der Waals surface area contributed by atoms with Gasteiger partial charge in [-0.25, -0.2) is 0 Å². The maximum Gasteiger partial charge on any atom is 0.0774 e. The van der Waals surface area contributed by atoms with E-state index < -0.39 is 6.85 Å². The fourth-order valence-corrected chi connectivity index (χ4v) is 6.78. The van der Waals surface area contributed by atoms with Crippen LogP contribution in [0.5, 0.6) is 0 Å². The van der Waals surface area contributed by atoms with E-state index in [0.29, 0.717) is 11.8 Å². The van der Waals surface area contributed by atoms with Crippen molar-refractivity contribution in [2.75, 3.05) is 0 Å².